The van der Waals surface area contributed by atoms with E-state index < -0.39 is 5.41 Å². The molecule has 1 aliphatic carbocycles. The number of hydrogen-bond donors (Lipinski definition) is 2. The van der Waals surface area contributed by atoms with Crippen molar-refractivity contribution in [2.75, 3.05) is 12.4 Å². The maximum Gasteiger partial charge on any atom is 0.237 e. The minimum absolute atomic E-state index is 0.181. The van der Waals surface area contributed by atoms with Gasteiger partial charge >= 0.3 is 0 Å². The predicted molar refractivity (Wildman–Crippen MR) is 79.8 cm³/mol. The maximum absolute atomic E-state index is 12.2. The van der Waals surface area contributed by atoms with Gasteiger partial charge in [-0.25, -0.2) is 0 Å². The molecular weight excluding hydrogens is 284 g/mol. The first-order valence-corrected chi connectivity index (χ1v) is 6.65. The molecule has 6 heteroatoms. The van der Waals surface area contributed by atoms with Gasteiger partial charge in [0, 0.05) is 11.1 Å². The SMILES string of the molecule is COc1cc(Cl)c(C)cc1NC(=O)C1(C(N)=S)CC1. The van der Waals surface area contributed by atoms with E-state index in [1.54, 1.807) is 12.1 Å². The van der Waals surface area contributed by atoms with Gasteiger partial charge < -0.3 is 15.8 Å². The lowest BCUT2D eigenvalue weighted by Crippen LogP contribution is -2.35. The van der Waals surface area contributed by atoms with Crippen molar-refractivity contribution in [3.05, 3.63) is 22.7 Å². The molecule has 102 valence electrons. The topological polar surface area (TPSA) is 64.3 Å². The Kier molecular flexibility index (Phi) is 3.69. The van der Waals surface area contributed by atoms with Gasteiger partial charge in [-0.15, -0.1) is 0 Å². The molecule has 1 amide bonds. The third-order valence-electron chi connectivity index (χ3n) is 3.39. The molecule has 0 aliphatic heterocycles. The van der Waals surface area contributed by atoms with Gasteiger partial charge in [-0.2, -0.15) is 0 Å². The molecule has 3 N–H and O–H groups in total. The van der Waals surface area contributed by atoms with Crippen LogP contribution in [0.1, 0.15) is 18.4 Å². The minimum Gasteiger partial charge on any atom is -0.495 e. The van der Waals surface area contributed by atoms with Crippen LogP contribution in [0, 0.1) is 12.3 Å². The van der Waals surface area contributed by atoms with E-state index in [0.29, 0.717) is 29.3 Å². The maximum atomic E-state index is 12.2. The molecule has 0 unspecified atom stereocenters. The smallest absolute Gasteiger partial charge is 0.237 e. The average Bonchev–Trinajstić information content (AvgIpc) is 3.14. The Labute approximate surface area is 122 Å². The fourth-order valence-corrected chi connectivity index (χ4v) is 2.33. The number of carbonyl (C=O) groups excluding carboxylic acids is 1. The Balaban J connectivity index is 2.27. The quantitative estimate of drug-likeness (QED) is 0.839. The Bertz CT molecular complexity index is 556. The molecule has 0 aromatic heterocycles. The van der Waals surface area contributed by atoms with Gasteiger partial charge in [0.05, 0.1) is 23.2 Å². The molecular formula is C13H15ClN2O2S. The Morgan fingerprint density at radius 3 is 2.63 bits per heavy atom. The number of rotatable bonds is 4. The number of ether oxygens (including phenoxy) is 1. The van der Waals surface area contributed by atoms with Crippen molar-refractivity contribution in [2.24, 2.45) is 11.1 Å². The molecule has 0 heterocycles. The van der Waals surface area contributed by atoms with Gasteiger partial charge in [0.25, 0.3) is 0 Å². The van der Waals surface area contributed by atoms with E-state index in [1.165, 1.54) is 7.11 Å². The van der Waals surface area contributed by atoms with Crippen LogP contribution in [0.5, 0.6) is 5.75 Å². The number of benzene rings is 1. The zero-order valence-electron chi connectivity index (χ0n) is 10.7. The highest BCUT2D eigenvalue weighted by Crippen LogP contribution is 2.47. The highest BCUT2D eigenvalue weighted by atomic mass is 35.5. The molecule has 19 heavy (non-hydrogen) atoms. The summed E-state index contributed by atoms with van der Waals surface area (Å²) in [6.45, 7) is 1.86. The van der Waals surface area contributed by atoms with Gasteiger partial charge in [0.1, 0.15) is 5.75 Å². The van der Waals surface area contributed by atoms with E-state index in [0.717, 1.165) is 5.56 Å². The van der Waals surface area contributed by atoms with Crippen LogP contribution in [0.2, 0.25) is 5.02 Å². The van der Waals surface area contributed by atoms with E-state index in [2.05, 4.69) is 5.32 Å². The molecule has 0 atom stereocenters. The number of amides is 1. The summed E-state index contributed by atoms with van der Waals surface area (Å²) >= 11 is 11.0. The van der Waals surface area contributed by atoms with Crippen molar-refractivity contribution < 1.29 is 9.53 Å². The Hall–Kier alpha value is -1.33. The molecule has 0 bridgehead atoms. The first-order valence-electron chi connectivity index (χ1n) is 5.86. The van der Waals surface area contributed by atoms with Crippen molar-refractivity contribution in [3.8, 4) is 5.75 Å². The third kappa shape index (κ3) is 2.53. The summed E-state index contributed by atoms with van der Waals surface area (Å²) < 4.78 is 5.21. The van der Waals surface area contributed by atoms with Crippen LogP contribution >= 0.6 is 23.8 Å². The molecule has 4 nitrogen and oxygen atoms in total. The number of nitrogens with one attached hydrogen (secondary N) is 1. The number of methoxy groups -OCH3 is 1. The van der Waals surface area contributed by atoms with Crippen molar-refractivity contribution in [1.82, 2.24) is 0 Å². The highest BCUT2D eigenvalue weighted by molar-refractivity contribution is 7.80. The molecule has 1 fully saturated rings. The molecule has 1 aromatic rings. The Morgan fingerprint density at radius 1 is 1.53 bits per heavy atom. The molecule has 1 aromatic carbocycles. The van der Waals surface area contributed by atoms with E-state index in [4.69, 9.17) is 34.3 Å². The van der Waals surface area contributed by atoms with E-state index >= 15 is 0 Å². The monoisotopic (exact) mass is 298 g/mol. The molecule has 1 aliphatic rings. The number of halogens is 1. The summed E-state index contributed by atoms with van der Waals surface area (Å²) in [5.41, 5.74) is 6.38. The first kappa shape index (κ1) is 14.1. The van der Waals surface area contributed by atoms with E-state index in [9.17, 15) is 4.79 Å². The molecule has 0 spiro atoms. The normalized spacial score (nSPS) is 15.7. The number of thiocarbonyl (C=S) groups is 1. The fourth-order valence-electron chi connectivity index (χ4n) is 1.88. The van der Waals surface area contributed by atoms with Crippen LogP contribution in [-0.4, -0.2) is 18.0 Å². The molecule has 0 saturated heterocycles. The zero-order chi connectivity index (χ0) is 14.2. The van der Waals surface area contributed by atoms with Crippen LogP contribution in [0.25, 0.3) is 0 Å². The lowest BCUT2D eigenvalue weighted by Gasteiger charge is -2.16. The first-order chi connectivity index (χ1) is 8.90. The number of nitrogens with two attached hydrogens (primary N) is 1. The van der Waals surface area contributed by atoms with Crippen LogP contribution in [0.15, 0.2) is 12.1 Å². The number of carbonyl (C=O) groups is 1. The number of hydrogen-bond acceptors (Lipinski definition) is 3. The summed E-state index contributed by atoms with van der Waals surface area (Å²) in [5, 5.41) is 3.41. The summed E-state index contributed by atoms with van der Waals surface area (Å²) in [6.07, 6.45) is 1.39. The number of anilines is 1. The van der Waals surface area contributed by atoms with Gasteiger partial charge in [-0.3, -0.25) is 4.79 Å². The van der Waals surface area contributed by atoms with Crippen molar-refractivity contribution in [3.63, 3.8) is 0 Å². The highest BCUT2D eigenvalue weighted by Gasteiger charge is 2.52. The zero-order valence-corrected chi connectivity index (χ0v) is 12.3. The van der Waals surface area contributed by atoms with Crippen molar-refractivity contribution >= 4 is 40.4 Å². The lowest BCUT2D eigenvalue weighted by molar-refractivity contribution is -0.118. The molecule has 0 radical (unpaired) electrons. The standard InChI is InChI=1S/C13H15ClN2O2S/c1-7-5-9(10(18-2)6-8(7)14)16-12(17)13(3-4-13)11(15)19/h5-6H,3-4H2,1-2H3,(H2,15,19)(H,16,17). The largest absolute Gasteiger partial charge is 0.495 e. The van der Waals surface area contributed by atoms with Gasteiger partial charge in [-0.05, 0) is 31.4 Å². The van der Waals surface area contributed by atoms with E-state index in [-0.39, 0.29) is 10.9 Å². The Morgan fingerprint density at radius 2 is 2.16 bits per heavy atom. The van der Waals surface area contributed by atoms with Crippen molar-refractivity contribution in [1.29, 1.82) is 0 Å². The lowest BCUT2D eigenvalue weighted by atomic mass is 10.1. The molecule has 1 saturated carbocycles. The van der Waals surface area contributed by atoms with Crippen LogP contribution in [-0.2, 0) is 4.79 Å². The number of aryl methyl sites for hydroxylation is 1. The van der Waals surface area contributed by atoms with E-state index in [1.807, 2.05) is 6.92 Å². The van der Waals surface area contributed by atoms with Crippen LogP contribution in [0.4, 0.5) is 5.69 Å². The average molecular weight is 299 g/mol. The van der Waals surface area contributed by atoms with Crippen LogP contribution in [0.3, 0.4) is 0 Å². The van der Waals surface area contributed by atoms with Crippen molar-refractivity contribution in [2.45, 2.75) is 19.8 Å². The second-order valence-electron chi connectivity index (χ2n) is 4.70. The predicted octanol–water partition coefficient (Wildman–Crippen LogP) is 2.66. The summed E-state index contributed by atoms with van der Waals surface area (Å²) in [5.74, 6) is 0.336. The van der Waals surface area contributed by atoms with Gasteiger partial charge in [0.2, 0.25) is 5.91 Å². The summed E-state index contributed by atoms with van der Waals surface area (Å²) in [4.78, 5) is 12.5. The van der Waals surface area contributed by atoms with Gasteiger partial charge in [-0.1, -0.05) is 23.8 Å². The molecule has 2 rings (SSSR count). The second kappa shape index (κ2) is 4.98. The third-order valence-corrected chi connectivity index (χ3v) is 4.18. The van der Waals surface area contributed by atoms with Crippen LogP contribution < -0.4 is 15.8 Å². The summed E-state index contributed by atoms with van der Waals surface area (Å²) in [7, 11) is 1.52. The fraction of sp³-hybridized carbons (Fsp3) is 0.385. The van der Waals surface area contributed by atoms with Gasteiger partial charge in [0.15, 0.2) is 0 Å². The minimum atomic E-state index is -0.687. The second-order valence-corrected chi connectivity index (χ2v) is 5.55. The summed E-state index contributed by atoms with van der Waals surface area (Å²) in [6, 6.07) is 3.45.